The highest BCUT2D eigenvalue weighted by atomic mass is 35.5. The second-order valence-electron chi connectivity index (χ2n) is 2.18. The minimum Gasteiger partial charge on any atom is -0.354 e. The van der Waals surface area contributed by atoms with Crippen molar-refractivity contribution in [3.63, 3.8) is 0 Å². The minimum atomic E-state index is -0.404. The summed E-state index contributed by atoms with van der Waals surface area (Å²) >= 11 is 0. The van der Waals surface area contributed by atoms with Crippen LogP contribution in [0.3, 0.4) is 0 Å². The first kappa shape index (κ1) is 10.9. The molecule has 0 spiro atoms. The van der Waals surface area contributed by atoms with Crippen molar-refractivity contribution in [2.75, 3.05) is 0 Å². The third-order valence-corrected chi connectivity index (χ3v) is 1.41. The van der Waals surface area contributed by atoms with Gasteiger partial charge in [0.1, 0.15) is 0 Å². The zero-order valence-electron chi connectivity index (χ0n) is 6.40. The summed E-state index contributed by atoms with van der Waals surface area (Å²) in [4.78, 5) is 9.85. The summed E-state index contributed by atoms with van der Waals surface area (Å²) in [5.74, 6) is 0. The first-order valence-electron chi connectivity index (χ1n) is 3.26. The molecule has 0 saturated carbocycles. The van der Waals surface area contributed by atoms with Crippen LogP contribution in [0.4, 0.5) is 5.69 Å². The number of benzene rings is 1. The van der Waals surface area contributed by atoms with E-state index in [1.807, 2.05) is 6.07 Å². The summed E-state index contributed by atoms with van der Waals surface area (Å²) in [5.41, 5.74) is 4.65. The molecule has 0 aliphatic carbocycles. The molecule has 12 heavy (non-hydrogen) atoms. The Morgan fingerprint density at radius 1 is 1.50 bits per heavy atom. The molecule has 0 atom stereocenters. The molecule has 3 N–H and O–H groups in total. The maximum absolute atomic E-state index is 10.3. The van der Waals surface area contributed by atoms with Crippen LogP contribution in [0, 0.1) is 10.1 Å². The molecule has 0 radical (unpaired) electrons. The highest BCUT2D eigenvalue weighted by Gasteiger charge is 2.04. The normalized spacial score (nSPS) is 8.75. The standard InChI is InChI=1S/C7H8N2O2.ClH/c8-5-6-2-1-3-7(4-6)9(10)11;/h1-4H,5,8H2;1H/p+1. The van der Waals surface area contributed by atoms with Crippen LogP contribution in [0.5, 0.6) is 0 Å². The van der Waals surface area contributed by atoms with E-state index in [2.05, 4.69) is 5.73 Å². The third kappa shape index (κ3) is 2.48. The Morgan fingerprint density at radius 2 is 2.17 bits per heavy atom. The number of quaternary nitrogens is 1. The van der Waals surface area contributed by atoms with Crippen LogP contribution in [-0.2, 0) is 6.54 Å². The van der Waals surface area contributed by atoms with Crippen LogP contribution in [0.1, 0.15) is 5.56 Å². The monoisotopic (exact) mass is 189 g/mol. The Hall–Kier alpha value is -1.13. The summed E-state index contributed by atoms with van der Waals surface area (Å²) in [5, 5.41) is 10.3. The maximum Gasteiger partial charge on any atom is 0.269 e. The number of nitro benzene ring substituents is 1. The van der Waals surface area contributed by atoms with E-state index in [-0.39, 0.29) is 18.1 Å². The first-order valence-corrected chi connectivity index (χ1v) is 3.26. The summed E-state index contributed by atoms with van der Waals surface area (Å²) in [6.07, 6.45) is 0. The predicted octanol–water partition coefficient (Wildman–Crippen LogP) is 0.758. The molecular formula is C7H10ClN2O2+. The van der Waals surface area contributed by atoms with Crippen molar-refractivity contribution in [2.24, 2.45) is 0 Å². The van der Waals surface area contributed by atoms with Gasteiger partial charge >= 0.3 is 0 Å². The summed E-state index contributed by atoms with van der Waals surface area (Å²) in [6.45, 7) is 0.585. The van der Waals surface area contributed by atoms with Gasteiger partial charge in [-0.2, -0.15) is 0 Å². The second kappa shape index (κ2) is 4.69. The van der Waals surface area contributed by atoms with Crippen molar-refractivity contribution in [3.05, 3.63) is 39.9 Å². The highest BCUT2D eigenvalue weighted by Crippen LogP contribution is 2.11. The lowest BCUT2D eigenvalue weighted by atomic mass is 10.2. The Labute approximate surface area is 75.9 Å². The number of hydrogen-bond acceptors (Lipinski definition) is 2. The van der Waals surface area contributed by atoms with Gasteiger partial charge in [0.15, 0.2) is 0 Å². The molecule has 1 aromatic rings. The van der Waals surface area contributed by atoms with E-state index in [0.717, 1.165) is 5.56 Å². The summed E-state index contributed by atoms with van der Waals surface area (Å²) < 4.78 is 0. The van der Waals surface area contributed by atoms with Gasteiger partial charge in [-0.05, 0) is 0 Å². The molecule has 0 aromatic heterocycles. The van der Waals surface area contributed by atoms with Crippen LogP contribution in [-0.4, -0.2) is 4.92 Å². The smallest absolute Gasteiger partial charge is 0.269 e. The number of nitrogens with zero attached hydrogens (tertiary/aromatic N) is 1. The third-order valence-electron chi connectivity index (χ3n) is 1.41. The first-order chi connectivity index (χ1) is 5.24. The van der Waals surface area contributed by atoms with Gasteiger partial charge < -0.3 is 5.73 Å². The van der Waals surface area contributed by atoms with Gasteiger partial charge in [-0.1, -0.05) is 12.1 Å². The average molecular weight is 190 g/mol. The van der Waals surface area contributed by atoms with Gasteiger partial charge in [-0.15, -0.1) is 12.4 Å². The molecule has 0 fully saturated rings. The quantitative estimate of drug-likeness (QED) is 0.551. The van der Waals surface area contributed by atoms with Gasteiger partial charge in [-0.3, -0.25) is 10.1 Å². The minimum absolute atomic E-state index is 0. The van der Waals surface area contributed by atoms with E-state index in [9.17, 15) is 10.1 Å². The molecule has 1 rings (SSSR count). The summed E-state index contributed by atoms with van der Waals surface area (Å²) in [7, 11) is 0. The van der Waals surface area contributed by atoms with Crippen LogP contribution < -0.4 is 5.73 Å². The molecule has 66 valence electrons. The zero-order valence-corrected chi connectivity index (χ0v) is 7.21. The van der Waals surface area contributed by atoms with Crippen LogP contribution in [0.15, 0.2) is 24.3 Å². The van der Waals surface area contributed by atoms with Crippen LogP contribution >= 0.6 is 12.4 Å². The lowest BCUT2D eigenvalue weighted by Crippen LogP contribution is -2.47. The Balaban J connectivity index is 0.00000121. The number of hydrogen-bond donors (Lipinski definition) is 1. The van der Waals surface area contributed by atoms with Gasteiger partial charge in [0.2, 0.25) is 0 Å². The molecule has 1 aromatic carbocycles. The van der Waals surface area contributed by atoms with E-state index >= 15 is 0 Å². The molecule has 0 heterocycles. The zero-order chi connectivity index (χ0) is 8.27. The second-order valence-corrected chi connectivity index (χ2v) is 2.18. The Bertz CT molecular complexity index is 278. The van der Waals surface area contributed by atoms with E-state index in [1.165, 1.54) is 12.1 Å². The number of nitro groups is 1. The van der Waals surface area contributed by atoms with Gasteiger partial charge in [-0.25, -0.2) is 0 Å². The molecule has 0 saturated heterocycles. The van der Waals surface area contributed by atoms with Gasteiger partial charge in [0, 0.05) is 17.7 Å². The maximum atomic E-state index is 10.3. The fourth-order valence-electron chi connectivity index (χ4n) is 0.826. The lowest BCUT2D eigenvalue weighted by Gasteiger charge is -1.92. The van der Waals surface area contributed by atoms with E-state index in [4.69, 9.17) is 0 Å². The van der Waals surface area contributed by atoms with Gasteiger partial charge in [0.05, 0.1) is 11.5 Å². The van der Waals surface area contributed by atoms with Crippen molar-refractivity contribution in [2.45, 2.75) is 6.54 Å². The van der Waals surface area contributed by atoms with Crippen molar-refractivity contribution in [1.82, 2.24) is 0 Å². The molecule has 0 aliphatic rings. The molecule has 4 nitrogen and oxygen atoms in total. The Morgan fingerprint density at radius 3 is 2.67 bits per heavy atom. The van der Waals surface area contributed by atoms with Crippen molar-refractivity contribution in [1.29, 1.82) is 0 Å². The molecule has 5 heteroatoms. The van der Waals surface area contributed by atoms with E-state index < -0.39 is 4.92 Å². The van der Waals surface area contributed by atoms with Crippen molar-refractivity contribution < 1.29 is 10.7 Å². The number of halogens is 1. The van der Waals surface area contributed by atoms with Crippen LogP contribution in [0.2, 0.25) is 0 Å². The molecular weight excluding hydrogens is 180 g/mol. The highest BCUT2D eigenvalue weighted by molar-refractivity contribution is 5.85. The van der Waals surface area contributed by atoms with Gasteiger partial charge in [0.25, 0.3) is 5.69 Å². The number of non-ortho nitro benzene ring substituents is 1. The van der Waals surface area contributed by atoms with E-state index in [1.54, 1.807) is 6.07 Å². The summed E-state index contributed by atoms with van der Waals surface area (Å²) in [6, 6.07) is 6.49. The molecule has 0 aliphatic heterocycles. The Kier molecular flexibility index (Phi) is 4.25. The molecule has 0 unspecified atom stereocenters. The number of rotatable bonds is 2. The SMILES string of the molecule is Cl.[NH3+]Cc1cccc([N+](=O)[O-])c1. The predicted molar refractivity (Wildman–Crippen MR) is 46.9 cm³/mol. The van der Waals surface area contributed by atoms with E-state index in [0.29, 0.717) is 6.54 Å². The fraction of sp³-hybridized carbons (Fsp3) is 0.143. The molecule has 0 bridgehead atoms. The van der Waals surface area contributed by atoms with Crippen molar-refractivity contribution >= 4 is 18.1 Å². The van der Waals surface area contributed by atoms with Crippen molar-refractivity contribution in [3.8, 4) is 0 Å². The van der Waals surface area contributed by atoms with Crippen LogP contribution in [0.25, 0.3) is 0 Å². The molecule has 0 amide bonds. The lowest BCUT2D eigenvalue weighted by molar-refractivity contribution is -0.390. The topological polar surface area (TPSA) is 70.8 Å². The average Bonchev–Trinajstić information content (AvgIpc) is 2.05. The fourth-order valence-corrected chi connectivity index (χ4v) is 0.826. The largest absolute Gasteiger partial charge is 0.354 e.